The highest BCUT2D eigenvalue weighted by Crippen LogP contribution is 2.29. The van der Waals surface area contributed by atoms with Crippen LogP contribution in [0.3, 0.4) is 0 Å². The third-order valence-electron chi connectivity index (χ3n) is 5.01. The average Bonchev–Trinajstić information content (AvgIpc) is 3.01. The molecule has 1 aliphatic rings. The lowest BCUT2D eigenvalue weighted by Gasteiger charge is -2.26. The number of anilines is 2. The number of hydrogen-bond acceptors (Lipinski definition) is 2. The molecule has 0 saturated heterocycles. The van der Waals surface area contributed by atoms with Crippen LogP contribution in [-0.2, 0) is 9.59 Å². The summed E-state index contributed by atoms with van der Waals surface area (Å²) in [6.45, 7) is 8.49. The number of rotatable bonds is 6. The lowest BCUT2D eigenvalue weighted by atomic mass is 9.80. The molecule has 0 bridgehead atoms. The van der Waals surface area contributed by atoms with E-state index in [4.69, 9.17) is 0 Å². The lowest BCUT2D eigenvalue weighted by Crippen LogP contribution is -2.24. The Labute approximate surface area is 151 Å². The fraction of sp³-hybridized carbons (Fsp3) is 0.524. The summed E-state index contributed by atoms with van der Waals surface area (Å²) in [4.78, 5) is 24.6. The molecule has 2 unspecified atom stereocenters. The summed E-state index contributed by atoms with van der Waals surface area (Å²) >= 11 is 0. The van der Waals surface area contributed by atoms with E-state index in [0.29, 0.717) is 30.1 Å². The minimum absolute atomic E-state index is 0.0127. The van der Waals surface area contributed by atoms with Gasteiger partial charge in [0.15, 0.2) is 0 Å². The molecule has 136 valence electrons. The van der Waals surface area contributed by atoms with E-state index in [1.165, 1.54) is 0 Å². The van der Waals surface area contributed by atoms with Crippen LogP contribution in [0.4, 0.5) is 11.4 Å². The summed E-state index contributed by atoms with van der Waals surface area (Å²) in [5.74, 6) is 0.557. The molecule has 2 rings (SSSR count). The van der Waals surface area contributed by atoms with Crippen LogP contribution >= 0.6 is 0 Å². The highest BCUT2D eigenvalue weighted by molar-refractivity contribution is 5.99. The second-order valence-corrected chi connectivity index (χ2v) is 8.08. The molecule has 0 fully saturated rings. The van der Waals surface area contributed by atoms with Crippen molar-refractivity contribution in [3.05, 3.63) is 36.4 Å². The molecular weight excluding hydrogens is 312 g/mol. The third-order valence-corrected chi connectivity index (χ3v) is 5.01. The maximum atomic E-state index is 12.4. The Balaban J connectivity index is 1.96. The Morgan fingerprint density at radius 2 is 1.72 bits per heavy atom. The molecule has 2 amide bonds. The van der Waals surface area contributed by atoms with Crippen molar-refractivity contribution in [2.24, 2.45) is 17.3 Å². The van der Waals surface area contributed by atoms with Gasteiger partial charge in [-0.15, -0.1) is 0 Å². The fourth-order valence-electron chi connectivity index (χ4n) is 2.79. The summed E-state index contributed by atoms with van der Waals surface area (Å²) < 4.78 is 0. The zero-order valence-corrected chi connectivity index (χ0v) is 15.8. The van der Waals surface area contributed by atoms with Gasteiger partial charge in [0.1, 0.15) is 0 Å². The zero-order chi connectivity index (χ0) is 18.4. The van der Waals surface area contributed by atoms with Crippen molar-refractivity contribution in [3.63, 3.8) is 0 Å². The summed E-state index contributed by atoms with van der Waals surface area (Å²) in [7, 11) is 0. The van der Waals surface area contributed by atoms with Gasteiger partial charge in [-0.3, -0.25) is 9.59 Å². The van der Waals surface area contributed by atoms with Crippen LogP contribution in [0.1, 0.15) is 53.4 Å². The van der Waals surface area contributed by atoms with Crippen molar-refractivity contribution in [1.82, 2.24) is 0 Å². The number of para-hydroxylation sites is 2. The van der Waals surface area contributed by atoms with E-state index in [1.807, 2.05) is 24.3 Å². The summed E-state index contributed by atoms with van der Waals surface area (Å²) in [6, 6.07) is 7.37. The van der Waals surface area contributed by atoms with Gasteiger partial charge in [0.2, 0.25) is 11.8 Å². The molecule has 1 aromatic rings. The van der Waals surface area contributed by atoms with Gasteiger partial charge in [-0.1, -0.05) is 52.0 Å². The number of hydrogen-bond donors (Lipinski definition) is 2. The summed E-state index contributed by atoms with van der Waals surface area (Å²) in [6.07, 6.45) is 7.27. The highest BCUT2D eigenvalue weighted by Gasteiger charge is 2.23. The molecule has 4 heteroatoms. The number of nitrogens with one attached hydrogen (secondary N) is 2. The molecule has 1 aliphatic carbocycles. The molecule has 0 saturated carbocycles. The maximum absolute atomic E-state index is 12.4. The van der Waals surface area contributed by atoms with Crippen LogP contribution in [0.2, 0.25) is 0 Å². The quantitative estimate of drug-likeness (QED) is 0.715. The zero-order valence-electron chi connectivity index (χ0n) is 15.8. The predicted octanol–water partition coefficient (Wildman–Crippen LogP) is 4.99. The van der Waals surface area contributed by atoms with Gasteiger partial charge < -0.3 is 10.6 Å². The van der Waals surface area contributed by atoms with Crippen LogP contribution in [0, 0.1) is 17.3 Å². The van der Waals surface area contributed by atoms with Crippen LogP contribution in [0.5, 0.6) is 0 Å². The molecule has 1 aromatic carbocycles. The minimum Gasteiger partial charge on any atom is -0.324 e. The Bertz CT molecular complexity index is 644. The standard InChI is InChI=1S/C21H30N2O2/c1-15(21(2,3)4)13-19(24)22-17-11-7-8-12-18(17)23-20(25)14-16-9-5-6-10-16/h5,7-9,11-12,15-16H,6,10,13-14H2,1-4H3,(H,22,24)(H,23,25). The average molecular weight is 342 g/mol. The minimum atomic E-state index is -0.0251. The largest absolute Gasteiger partial charge is 0.324 e. The van der Waals surface area contributed by atoms with E-state index in [9.17, 15) is 9.59 Å². The number of allylic oxidation sites excluding steroid dienone is 2. The van der Waals surface area contributed by atoms with Gasteiger partial charge in [-0.25, -0.2) is 0 Å². The van der Waals surface area contributed by atoms with E-state index in [0.717, 1.165) is 12.8 Å². The van der Waals surface area contributed by atoms with E-state index in [-0.39, 0.29) is 23.1 Å². The van der Waals surface area contributed by atoms with Crippen molar-refractivity contribution < 1.29 is 9.59 Å². The number of amides is 2. The maximum Gasteiger partial charge on any atom is 0.225 e. The van der Waals surface area contributed by atoms with Crippen molar-refractivity contribution >= 4 is 23.2 Å². The monoisotopic (exact) mass is 342 g/mol. The second kappa shape index (κ2) is 8.32. The molecule has 2 atom stereocenters. The first-order valence-electron chi connectivity index (χ1n) is 9.11. The van der Waals surface area contributed by atoms with Crippen molar-refractivity contribution in [2.75, 3.05) is 10.6 Å². The van der Waals surface area contributed by atoms with E-state index in [1.54, 1.807) is 0 Å². The van der Waals surface area contributed by atoms with Gasteiger partial charge in [-0.2, -0.15) is 0 Å². The van der Waals surface area contributed by atoms with Gasteiger partial charge in [-0.05, 0) is 42.2 Å². The smallest absolute Gasteiger partial charge is 0.225 e. The molecular formula is C21H30N2O2. The molecule has 2 N–H and O–H groups in total. The molecule has 0 radical (unpaired) electrons. The first-order chi connectivity index (χ1) is 11.8. The molecule has 0 spiro atoms. The number of carbonyl (C=O) groups is 2. The molecule has 4 nitrogen and oxygen atoms in total. The Kier molecular flexibility index (Phi) is 6.40. The van der Waals surface area contributed by atoms with Crippen LogP contribution in [0.25, 0.3) is 0 Å². The van der Waals surface area contributed by atoms with Crippen LogP contribution in [0.15, 0.2) is 36.4 Å². The SMILES string of the molecule is CC(CC(=O)Nc1ccccc1NC(=O)CC1C=CCC1)C(C)(C)C. The Morgan fingerprint density at radius 3 is 2.24 bits per heavy atom. The van der Waals surface area contributed by atoms with E-state index < -0.39 is 0 Å². The highest BCUT2D eigenvalue weighted by atomic mass is 16.2. The van der Waals surface area contributed by atoms with E-state index in [2.05, 4.69) is 50.5 Å². The Hall–Kier alpha value is -2.10. The number of carbonyl (C=O) groups excluding carboxylic acids is 2. The molecule has 25 heavy (non-hydrogen) atoms. The predicted molar refractivity (Wildman–Crippen MR) is 103 cm³/mol. The molecule has 0 heterocycles. The third kappa shape index (κ3) is 6.04. The number of benzene rings is 1. The molecule has 0 aromatic heterocycles. The first-order valence-corrected chi connectivity index (χ1v) is 9.11. The van der Waals surface area contributed by atoms with Crippen molar-refractivity contribution in [1.29, 1.82) is 0 Å². The normalized spacial score (nSPS) is 18.0. The second-order valence-electron chi connectivity index (χ2n) is 8.08. The molecule has 0 aliphatic heterocycles. The van der Waals surface area contributed by atoms with Crippen molar-refractivity contribution in [3.8, 4) is 0 Å². The Morgan fingerprint density at radius 1 is 1.12 bits per heavy atom. The summed E-state index contributed by atoms with van der Waals surface area (Å²) in [5.41, 5.74) is 1.40. The van der Waals surface area contributed by atoms with Crippen LogP contribution < -0.4 is 10.6 Å². The van der Waals surface area contributed by atoms with Gasteiger partial charge in [0.25, 0.3) is 0 Å². The topological polar surface area (TPSA) is 58.2 Å². The first kappa shape index (κ1) is 19.2. The lowest BCUT2D eigenvalue weighted by molar-refractivity contribution is -0.118. The van der Waals surface area contributed by atoms with Crippen molar-refractivity contribution in [2.45, 2.75) is 53.4 Å². The summed E-state index contributed by atoms with van der Waals surface area (Å²) in [5, 5.41) is 5.88. The fourth-order valence-corrected chi connectivity index (χ4v) is 2.79. The van der Waals surface area contributed by atoms with Gasteiger partial charge in [0, 0.05) is 12.8 Å². The van der Waals surface area contributed by atoms with Gasteiger partial charge >= 0.3 is 0 Å². The van der Waals surface area contributed by atoms with Crippen LogP contribution in [-0.4, -0.2) is 11.8 Å². The van der Waals surface area contributed by atoms with Gasteiger partial charge in [0.05, 0.1) is 11.4 Å². The van der Waals surface area contributed by atoms with E-state index >= 15 is 0 Å².